The number of hydrogen-bond donors (Lipinski definition) is 2. The first-order valence-electron chi connectivity index (χ1n) is 7.80. The van der Waals surface area contributed by atoms with Crippen molar-refractivity contribution in [2.45, 2.75) is 27.2 Å². The van der Waals surface area contributed by atoms with Crippen molar-refractivity contribution in [3.8, 4) is 0 Å². The Morgan fingerprint density at radius 1 is 1.17 bits per heavy atom. The zero-order chi connectivity index (χ0) is 17.7. The minimum atomic E-state index is -0.406. The van der Waals surface area contributed by atoms with Crippen molar-refractivity contribution < 1.29 is 9.59 Å². The minimum Gasteiger partial charge on any atom is -0.272 e. The second-order valence-electron chi connectivity index (χ2n) is 5.54. The minimum absolute atomic E-state index is 0.354. The first-order valence-corrected chi connectivity index (χ1v) is 7.80. The normalized spacial score (nSPS) is 10.8. The molecule has 6 nitrogen and oxygen atoms in total. The highest BCUT2D eigenvalue weighted by molar-refractivity contribution is 5.98. The number of rotatable bonds is 4. The molecule has 0 aliphatic heterocycles. The van der Waals surface area contributed by atoms with E-state index in [2.05, 4.69) is 16.0 Å². The Morgan fingerprint density at radius 2 is 1.83 bits per heavy atom. The Morgan fingerprint density at radius 3 is 2.38 bits per heavy atom. The van der Waals surface area contributed by atoms with E-state index in [1.54, 1.807) is 22.9 Å². The quantitative estimate of drug-likeness (QED) is 0.667. The van der Waals surface area contributed by atoms with Crippen molar-refractivity contribution in [2.24, 2.45) is 7.05 Å². The number of benzene rings is 1. The maximum absolute atomic E-state index is 12.0. The van der Waals surface area contributed by atoms with Gasteiger partial charge in [0, 0.05) is 29.9 Å². The number of carbonyl (C=O) groups is 2. The molecule has 6 heteroatoms. The summed E-state index contributed by atoms with van der Waals surface area (Å²) in [6.07, 6.45) is 3.98. The summed E-state index contributed by atoms with van der Waals surface area (Å²) in [5, 5.41) is 4.28. The Bertz CT molecular complexity index is 773. The molecule has 1 aromatic carbocycles. The topological polar surface area (TPSA) is 76.0 Å². The molecule has 0 bridgehead atoms. The predicted molar refractivity (Wildman–Crippen MR) is 93.1 cm³/mol. The molecular weight excluding hydrogens is 304 g/mol. The van der Waals surface area contributed by atoms with Gasteiger partial charge in [-0.25, -0.2) is 0 Å². The summed E-state index contributed by atoms with van der Waals surface area (Å²) in [5.74, 6) is -0.760. The van der Waals surface area contributed by atoms with Crippen LogP contribution in [-0.2, 0) is 18.3 Å². The second-order valence-corrected chi connectivity index (χ2v) is 5.54. The fraction of sp³-hybridized carbons (Fsp3) is 0.278. The van der Waals surface area contributed by atoms with Crippen LogP contribution in [0.2, 0.25) is 0 Å². The van der Waals surface area contributed by atoms with Gasteiger partial charge in [0.15, 0.2) is 0 Å². The van der Waals surface area contributed by atoms with Crippen molar-refractivity contribution >= 4 is 17.9 Å². The van der Waals surface area contributed by atoms with E-state index in [9.17, 15) is 9.59 Å². The van der Waals surface area contributed by atoms with Gasteiger partial charge in [-0.1, -0.05) is 19.1 Å². The number of hydrazine groups is 1. The van der Waals surface area contributed by atoms with Crippen LogP contribution in [0.15, 0.2) is 30.3 Å². The number of carbonyl (C=O) groups excluding carboxylic acids is 2. The molecule has 0 unspecified atom stereocenters. The van der Waals surface area contributed by atoms with Gasteiger partial charge >= 0.3 is 0 Å². The molecule has 2 aromatic rings. The smallest absolute Gasteiger partial charge is 0.269 e. The average Bonchev–Trinajstić information content (AvgIpc) is 2.83. The lowest BCUT2D eigenvalue weighted by atomic mass is 10.1. The lowest BCUT2D eigenvalue weighted by molar-refractivity contribution is -0.117. The van der Waals surface area contributed by atoms with Gasteiger partial charge in [0.05, 0.1) is 5.69 Å². The lowest BCUT2D eigenvalue weighted by Gasteiger charge is -2.06. The van der Waals surface area contributed by atoms with E-state index in [0.717, 1.165) is 28.9 Å². The third-order valence-corrected chi connectivity index (χ3v) is 3.89. The van der Waals surface area contributed by atoms with Crippen molar-refractivity contribution in [2.75, 3.05) is 0 Å². The SMILES string of the molecule is CCc1ccc(C(=O)NNC(=O)C=Cc2c(C)nn(C)c2C)cc1. The highest BCUT2D eigenvalue weighted by Gasteiger charge is 2.08. The average molecular weight is 326 g/mol. The first-order chi connectivity index (χ1) is 11.4. The highest BCUT2D eigenvalue weighted by Crippen LogP contribution is 2.13. The van der Waals surface area contributed by atoms with Gasteiger partial charge in [-0.2, -0.15) is 5.10 Å². The summed E-state index contributed by atoms with van der Waals surface area (Å²) >= 11 is 0. The zero-order valence-electron chi connectivity index (χ0n) is 14.4. The zero-order valence-corrected chi connectivity index (χ0v) is 14.4. The van der Waals surface area contributed by atoms with Crippen LogP contribution in [-0.4, -0.2) is 21.6 Å². The molecule has 0 spiro atoms. The third-order valence-electron chi connectivity index (χ3n) is 3.89. The predicted octanol–water partition coefficient (Wildman–Crippen LogP) is 2.07. The van der Waals surface area contributed by atoms with Crippen LogP contribution in [0.4, 0.5) is 0 Å². The van der Waals surface area contributed by atoms with Gasteiger partial charge in [-0.05, 0) is 44.0 Å². The van der Waals surface area contributed by atoms with Crippen molar-refractivity contribution in [1.29, 1.82) is 0 Å². The van der Waals surface area contributed by atoms with E-state index in [1.807, 2.05) is 40.0 Å². The van der Waals surface area contributed by atoms with Gasteiger partial charge < -0.3 is 0 Å². The van der Waals surface area contributed by atoms with E-state index in [4.69, 9.17) is 0 Å². The number of aryl methyl sites for hydroxylation is 3. The Balaban J connectivity index is 1.92. The van der Waals surface area contributed by atoms with Crippen LogP contribution in [0.3, 0.4) is 0 Å². The summed E-state index contributed by atoms with van der Waals surface area (Å²) in [5.41, 5.74) is 9.13. The van der Waals surface area contributed by atoms with Crippen molar-refractivity contribution in [1.82, 2.24) is 20.6 Å². The number of nitrogens with one attached hydrogen (secondary N) is 2. The molecule has 0 atom stereocenters. The standard InChI is InChI=1S/C18H22N4O2/c1-5-14-6-8-15(9-7-14)18(24)20-19-17(23)11-10-16-12(2)21-22(4)13(16)3/h6-11H,5H2,1-4H3,(H,19,23)(H,20,24). The second kappa shape index (κ2) is 7.59. The Labute approximate surface area is 141 Å². The molecule has 0 saturated carbocycles. The summed E-state index contributed by atoms with van der Waals surface area (Å²) in [4.78, 5) is 23.8. The van der Waals surface area contributed by atoms with Gasteiger partial charge in [0.2, 0.25) is 0 Å². The summed E-state index contributed by atoms with van der Waals surface area (Å²) in [6.45, 7) is 5.86. The molecule has 0 radical (unpaired) electrons. The lowest BCUT2D eigenvalue weighted by Crippen LogP contribution is -2.40. The van der Waals surface area contributed by atoms with Crippen LogP contribution >= 0.6 is 0 Å². The van der Waals surface area contributed by atoms with Crippen molar-refractivity contribution in [3.05, 3.63) is 58.4 Å². The van der Waals surface area contributed by atoms with E-state index in [1.165, 1.54) is 6.08 Å². The highest BCUT2D eigenvalue weighted by atomic mass is 16.2. The van der Waals surface area contributed by atoms with Crippen LogP contribution in [0.25, 0.3) is 6.08 Å². The molecule has 24 heavy (non-hydrogen) atoms. The molecule has 0 saturated heterocycles. The largest absolute Gasteiger partial charge is 0.272 e. The molecule has 0 aliphatic carbocycles. The fourth-order valence-corrected chi connectivity index (χ4v) is 2.31. The molecule has 2 N–H and O–H groups in total. The maximum Gasteiger partial charge on any atom is 0.269 e. The fourth-order valence-electron chi connectivity index (χ4n) is 2.31. The summed E-state index contributed by atoms with van der Waals surface area (Å²) in [6, 6.07) is 7.26. The van der Waals surface area contributed by atoms with Gasteiger partial charge in [-0.3, -0.25) is 25.1 Å². The summed E-state index contributed by atoms with van der Waals surface area (Å²) < 4.78 is 1.76. The van der Waals surface area contributed by atoms with Crippen LogP contribution in [0, 0.1) is 13.8 Å². The molecular formula is C18H22N4O2. The number of aromatic nitrogens is 2. The van der Waals surface area contributed by atoms with E-state index in [0.29, 0.717) is 5.56 Å². The van der Waals surface area contributed by atoms with E-state index in [-0.39, 0.29) is 5.91 Å². The molecule has 2 rings (SSSR count). The summed E-state index contributed by atoms with van der Waals surface area (Å²) in [7, 11) is 1.85. The number of amides is 2. The molecule has 1 aromatic heterocycles. The van der Waals surface area contributed by atoms with Crippen LogP contribution in [0.5, 0.6) is 0 Å². The molecule has 1 heterocycles. The third kappa shape index (κ3) is 4.10. The monoisotopic (exact) mass is 326 g/mol. The number of hydrogen-bond acceptors (Lipinski definition) is 3. The van der Waals surface area contributed by atoms with E-state index < -0.39 is 5.91 Å². The van der Waals surface area contributed by atoms with Crippen LogP contribution in [0.1, 0.15) is 39.8 Å². The first kappa shape index (κ1) is 17.5. The maximum atomic E-state index is 12.0. The van der Waals surface area contributed by atoms with Crippen LogP contribution < -0.4 is 10.9 Å². The Hall–Kier alpha value is -2.89. The Kier molecular flexibility index (Phi) is 5.52. The van der Waals surface area contributed by atoms with Gasteiger partial charge in [0.25, 0.3) is 11.8 Å². The molecule has 0 fully saturated rings. The van der Waals surface area contributed by atoms with E-state index >= 15 is 0 Å². The molecule has 126 valence electrons. The van der Waals surface area contributed by atoms with Crippen molar-refractivity contribution in [3.63, 3.8) is 0 Å². The van der Waals surface area contributed by atoms with Gasteiger partial charge in [-0.15, -0.1) is 0 Å². The van der Waals surface area contributed by atoms with Gasteiger partial charge in [0.1, 0.15) is 0 Å². The molecule has 0 aliphatic rings. The molecule has 2 amide bonds. The number of nitrogens with zero attached hydrogens (tertiary/aromatic N) is 2.